The van der Waals surface area contributed by atoms with E-state index < -0.39 is 22.6 Å². The van der Waals surface area contributed by atoms with Crippen molar-refractivity contribution in [2.24, 2.45) is 14.1 Å². The number of hydrogen-bond donors (Lipinski definition) is 1. The van der Waals surface area contributed by atoms with Gasteiger partial charge in [0.05, 0.1) is 12.3 Å². The first-order valence-electron chi connectivity index (χ1n) is 7.32. The fourth-order valence-electron chi connectivity index (χ4n) is 2.10. The summed E-state index contributed by atoms with van der Waals surface area (Å²) < 4.78 is 7.77. The summed E-state index contributed by atoms with van der Waals surface area (Å²) in [5.74, 6) is -1.53. The van der Waals surface area contributed by atoms with Gasteiger partial charge in [-0.3, -0.25) is 4.79 Å². The monoisotopic (exact) mass is 347 g/mol. The van der Waals surface area contributed by atoms with Crippen LogP contribution in [-0.4, -0.2) is 37.5 Å². The van der Waals surface area contributed by atoms with Crippen LogP contribution in [-0.2, 0) is 23.6 Å². The van der Waals surface area contributed by atoms with Crippen LogP contribution >= 0.6 is 0 Å². The van der Waals surface area contributed by atoms with Crippen molar-refractivity contribution < 1.29 is 19.2 Å². The first-order chi connectivity index (χ1) is 11.8. The number of nitrogens with zero attached hydrogens (tertiary/aromatic N) is 4. The number of anilines is 1. The molecule has 0 radical (unpaired) electrons. The SMILES string of the molecule is CCOC(=O)/C=C/c1cc(NC(=O)c2nc([N+](=O)[O-])cn2C)cn1C. The zero-order valence-corrected chi connectivity index (χ0v) is 13.9. The van der Waals surface area contributed by atoms with Crippen molar-refractivity contribution in [3.05, 3.63) is 46.2 Å². The van der Waals surface area contributed by atoms with Crippen molar-refractivity contribution in [1.82, 2.24) is 14.1 Å². The first-order valence-corrected chi connectivity index (χ1v) is 7.32. The van der Waals surface area contributed by atoms with Gasteiger partial charge in [0.2, 0.25) is 0 Å². The lowest BCUT2D eigenvalue weighted by molar-refractivity contribution is -0.389. The molecule has 0 bridgehead atoms. The number of amides is 1. The van der Waals surface area contributed by atoms with Crippen LogP contribution in [0.5, 0.6) is 0 Å². The number of rotatable bonds is 6. The zero-order valence-electron chi connectivity index (χ0n) is 13.9. The second-order valence-corrected chi connectivity index (χ2v) is 5.09. The molecule has 10 heteroatoms. The van der Waals surface area contributed by atoms with Crippen molar-refractivity contribution in [3.63, 3.8) is 0 Å². The number of nitrogens with one attached hydrogen (secondary N) is 1. The largest absolute Gasteiger partial charge is 0.463 e. The van der Waals surface area contributed by atoms with Crippen LogP contribution in [0.2, 0.25) is 0 Å². The number of aryl methyl sites for hydroxylation is 2. The molecule has 0 fully saturated rings. The van der Waals surface area contributed by atoms with E-state index in [1.807, 2.05) is 0 Å². The van der Waals surface area contributed by atoms with Crippen LogP contribution in [0, 0.1) is 10.1 Å². The van der Waals surface area contributed by atoms with Crippen LogP contribution in [0.25, 0.3) is 6.08 Å². The van der Waals surface area contributed by atoms with Gasteiger partial charge in [0, 0.05) is 32.1 Å². The maximum atomic E-state index is 12.2. The van der Waals surface area contributed by atoms with Crippen LogP contribution in [0.1, 0.15) is 23.2 Å². The molecule has 0 saturated heterocycles. The Hall–Kier alpha value is -3.43. The Balaban J connectivity index is 2.13. The molecule has 0 atom stereocenters. The number of esters is 1. The Bertz CT molecular complexity index is 849. The summed E-state index contributed by atoms with van der Waals surface area (Å²) in [6, 6.07) is 1.64. The van der Waals surface area contributed by atoms with E-state index in [1.54, 1.807) is 36.9 Å². The molecule has 0 aliphatic heterocycles. The van der Waals surface area contributed by atoms with E-state index >= 15 is 0 Å². The summed E-state index contributed by atoms with van der Waals surface area (Å²) >= 11 is 0. The highest BCUT2D eigenvalue weighted by atomic mass is 16.6. The van der Waals surface area contributed by atoms with E-state index in [4.69, 9.17) is 4.74 Å². The maximum Gasteiger partial charge on any atom is 0.382 e. The minimum Gasteiger partial charge on any atom is -0.463 e. The molecule has 0 aliphatic rings. The van der Waals surface area contributed by atoms with Crippen LogP contribution in [0.3, 0.4) is 0 Å². The Labute approximate surface area is 142 Å². The Kier molecular flexibility index (Phi) is 5.32. The Morgan fingerprint density at radius 3 is 2.68 bits per heavy atom. The molecule has 0 spiro atoms. The van der Waals surface area contributed by atoms with Gasteiger partial charge in [0.1, 0.15) is 6.20 Å². The highest BCUT2D eigenvalue weighted by Gasteiger charge is 2.23. The summed E-state index contributed by atoms with van der Waals surface area (Å²) in [6.07, 6.45) is 5.64. The molecule has 2 heterocycles. The van der Waals surface area contributed by atoms with E-state index in [-0.39, 0.29) is 12.4 Å². The number of ether oxygens (including phenoxy) is 1. The first kappa shape index (κ1) is 17.9. The molecule has 0 unspecified atom stereocenters. The predicted molar refractivity (Wildman–Crippen MR) is 88.9 cm³/mol. The average molecular weight is 347 g/mol. The highest BCUT2D eigenvalue weighted by Crippen LogP contribution is 2.16. The number of imidazole rings is 1. The van der Waals surface area contributed by atoms with Crippen LogP contribution < -0.4 is 5.32 Å². The van der Waals surface area contributed by atoms with E-state index in [9.17, 15) is 19.7 Å². The molecule has 25 heavy (non-hydrogen) atoms. The van der Waals surface area contributed by atoms with Crippen LogP contribution in [0.4, 0.5) is 11.5 Å². The molecule has 0 aliphatic carbocycles. The van der Waals surface area contributed by atoms with Crippen LogP contribution in [0.15, 0.2) is 24.5 Å². The number of aromatic nitrogens is 3. The molecule has 1 amide bonds. The molecule has 0 aromatic carbocycles. The number of nitro groups is 1. The van der Waals surface area contributed by atoms with E-state index in [2.05, 4.69) is 10.3 Å². The molecule has 1 N–H and O–H groups in total. The topological polar surface area (TPSA) is 121 Å². The van der Waals surface area contributed by atoms with Gasteiger partial charge in [-0.05, 0) is 29.0 Å². The van der Waals surface area contributed by atoms with Crippen molar-refractivity contribution in [1.29, 1.82) is 0 Å². The molecule has 10 nitrogen and oxygen atoms in total. The molecular weight excluding hydrogens is 330 g/mol. The van der Waals surface area contributed by atoms with Gasteiger partial charge in [-0.1, -0.05) is 0 Å². The summed E-state index contributed by atoms with van der Waals surface area (Å²) in [5, 5.41) is 13.3. The minimum absolute atomic E-state index is 0.0841. The fraction of sp³-hybridized carbons (Fsp3) is 0.267. The van der Waals surface area contributed by atoms with E-state index in [0.29, 0.717) is 11.4 Å². The lowest BCUT2D eigenvalue weighted by Gasteiger charge is -1.98. The van der Waals surface area contributed by atoms with Gasteiger partial charge in [-0.25, -0.2) is 4.79 Å². The summed E-state index contributed by atoms with van der Waals surface area (Å²) in [7, 11) is 3.24. The lowest BCUT2D eigenvalue weighted by Crippen LogP contribution is -2.16. The zero-order chi connectivity index (χ0) is 18.6. The van der Waals surface area contributed by atoms with Crippen molar-refractivity contribution in [2.75, 3.05) is 11.9 Å². The highest BCUT2D eigenvalue weighted by molar-refractivity contribution is 6.02. The number of carbonyl (C=O) groups is 2. The van der Waals surface area contributed by atoms with Gasteiger partial charge >= 0.3 is 23.5 Å². The van der Waals surface area contributed by atoms with E-state index in [1.165, 1.54) is 17.7 Å². The van der Waals surface area contributed by atoms with Gasteiger partial charge in [-0.15, -0.1) is 0 Å². The fourth-order valence-corrected chi connectivity index (χ4v) is 2.10. The van der Waals surface area contributed by atoms with Gasteiger partial charge < -0.3 is 29.3 Å². The number of carbonyl (C=O) groups excluding carboxylic acids is 2. The standard InChI is InChI=1S/C15H17N5O5/c1-4-25-13(21)6-5-11-7-10(8-18(11)2)16-15(22)14-17-12(20(23)24)9-19(14)3/h5-9H,4H2,1-3H3,(H,16,22)/b6-5+. The second-order valence-electron chi connectivity index (χ2n) is 5.09. The predicted octanol–water partition coefficient (Wildman–Crippen LogP) is 1.50. The Morgan fingerprint density at radius 2 is 2.08 bits per heavy atom. The molecule has 2 aromatic heterocycles. The third-order valence-corrected chi connectivity index (χ3v) is 3.23. The van der Waals surface area contributed by atoms with Crippen molar-refractivity contribution >= 4 is 29.5 Å². The van der Waals surface area contributed by atoms with Crippen molar-refractivity contribution in [2.45, 2.75) is 6.92 Å². The minimum atomic E-state index is -0.669. The smallest absolute Gasteiger partial charge is 0.382 e. The summed E-state index contributed by atoms with van der Waals surface area (Å²) in [4.78, 5) is 37.3. The maximum absolute atomic E-state index is 12.2. The van der Waals surface area contributed by atoms with Crippen molar-refractivity contribution in [3.8, 4) is 0 Å². The Morgan fingerprint density at radius 1 is 1.36 bits per heavy atom. The molecule has 0 saturated carbocycles. The molecule has 132 valence electrons. The van der Waals surface area contributed by atoms with Gasteiger partial charge in [0.25, 0.3) is 0 Å². The second kappa shape index (κ2) is 7.43. The third kappa shape index (κ3) is 4.31. The average Bonchev–Trinajstić information content (AvgIpc) is 3.08. The molecule has 2 aromatic rings. The molecular formula is C15H17N5O5. The normalized spacial score (nSPS) is 10.8. The quantitative estimate of drug-likeness (QED) is 0.366. The lowest BCUT2D eigenvalue weighted by atomic mass is 10.3. The summed E-state index contributed by atoms with van der Waals surface area (Å²) in [5.41, 5.74) is 1.12. The van der Waals surface area contributed by atoms with Gasteiger partial charge in [0.15, 0.2) is 0 Å². The van der Waals surface area contributed by atoms with Gasteiger partial charge in [-0.2, -0.15) is 0 Å². The van der Waals surface area contributed by atoms with E-state index in [0.717, 1.165) is 6.20 Å². The molecule has 2 rings (SSSR count). The third-order valence-electron chi connectivity index (χ3n) is 3.23. The number of hydrogen-bond acceptors (Lipinski definition) is 6. The summed E-state index contributed by atoms with van der Waals surface area (Å²) in [6.45, 7) is 2.00.